The molecule has 5 nitrogen and oxygen atoms in total. The Labute approximate surface area is 114 Å². The van der Waals surface area contributed by atoms with Crippen molar-refractivity contribution in [3.05, 3.63) is 23.9 Å². The highest BCUT2D eigenvalue weighted by atomic mass is 32.2. The lowest BCUT2D eigenvalue weighted by Crippen LogP contribution is -2.34. The molecular formula is C13H21N3O2S. The lowest BCUT2D eigenvalue weighted by Gasteiger charge is -2.23. The third kappa shape index (κ3) is 3.52. The monoisotopic (exact) mass is 283 g/mol. The molecule has 6 heteroatoms. The highest BCUT2D eigenvalue weighted by Gasteiger charge is 2.30. The van der Waals surface area contributed by atoms with Gasteiger partial charge in [0, 0.05) is 19.3 Å². The van der Waals surface area contributed by atoms with Crippen LogP contribution < -0.4 is 10.5 Å². The van der Waals surface area contributed by atoms with Crippen molar-refractivity contribution in [2.45, 2.75) is 44.2 Å². The number of nitrogens with zero attached hydrogens (tertiary/aromatic N) is 1. The molecule has 1 aliphatic rings. The molecule has 1 fully saturated rings. The van der Waals surface area contributed by atoms with Crippen LogP contribution in [-0.4, -0.2) is 19.9 Å². The summed E-state index contributed by atoms with van der Waals surface area (Å²) in [7, 11) is -3.51. The summed E-state index contributed by atoms with van der Waals surface area (Å²) in [6.07, 6.45) is 6.03. The molecule has 1 heterocycles. The van der Waals surface area contributed by atoms with Gasteiger partial charge in [-0.15, -0.1) is 0 Å². The van der Waals surface area contributed by atoms with Gasteiger partial charge in [0.1, 0.15) is 0 Å². The van der Waals surface area contributed by atoms with Crippen LogP contribution in [0.25, 0.3) is 0 Å². The van der Waals surface area contributed by atoms with Gasteiger partial charge < -0.3 is 5.73 Å². The topological polar surface area (TPSA) is 85.1 Å². The fourth-order valence-corrected chi connectivity index (χ4v) is 3.56. The van der Waals surface area contributed by atoms with Gasteiger partial charge in [0.15, 0.2) is 5.03 Å². The smallest absolute Gasteiger partial charge is 0.258 e. The lowest BCUT2D eigenvalue weighted by atomic mass is 9.89. The Bertz CT molecular complexity index is 519. The first kappa shape index (κ1) is 14.4. The van der Waals surface area contributed by atoms with E-state index in [2.05, 4.69) is 16.6 Å². The highest BCUT2D eigenvalue weighted by molar-refractivity contribution is 7.89. The number of sulfonamides is 1. The molecule has 0 radical (unpaired) electrons. The predicted octanol–water partition coefficient (Wildman–Crippen LogP) is 1.40. The highest BCUT2D eigenvalue weighted by Crippen LogP contribution is 2.36. The van der Waals surface area contributed by atoms with Gasteiger partial charge in [0.05, 0.1) is 0 Å². The van der Waals surface area contributed by atoms with E-state index in [9.17, 15) is 8.42 Å². The minimum Gasteiger partial charge on any atom is -0.326 e. The molecule has 106 valence electrons. The SMILES string of the molecule is CC1(CNS(=O)(=O)c2ccc(CN)cn2)CCCC1. The maximum Gasteiger partial charge on any atom is 0.258 e. The molecule has 3 N–H and O–H groups in total. The van der Waals surface area contributed by atoms with Gasteiger partial charge in [0.2, 0.25) is 0 Å². The molecule has 1 saturated carbocycles. The normalized spacial score (nSPS) is 18.6. The van der Waals surface area contributed by atoms with Gasteiger partial charge in [-0.25, -0.2) is 18.1 Å². The van der Waals surface area contributed by atoms with E-state index in [4.69, 9.17) is 5.73 Å². The number of pyridine rings is 1. The summed E-state index contributed by atoms with van der Waals surface area (Å²) < 4.78 is 26.9. The van der Waals surface area contributed by atoms with Crippen LogP contribution in [0.4, 0.5) is 0 Å². The first-order valence-corrected chi connectivity index (χ1v) is 8.08. The van der Waals surface area contributed by atoms with Crippen LogP contribution in [0.1, 0.15) is 38.2 Å². The van der Waals surface area contributed by atoms with Crippen molar-refractivity contribution in [1.29, 1.82) is 0 Å². The van der Waals surface area contributed by atoms with E-state index in [1.54, 1.807) is 6.07 Å². The largest absolute Gasteiger partial charge is 0.326 e. The van der Waals surface area contributed by atoms with Gasteiger partial charge in [-0.2, -0.15) is 0 Å². The molecule has 0 atom stereocenters. The van der Waals surface area contributed by atoms with E-state index in [0.717, 1.165) is 18.4 Å². The van der Waals surface area contributed by atoms with E-state index in [0.29, 0.717) is 13.1 Å². The quantitative estimate of drug-likeness (QED) is 0.855. The first-order chi connectivity index (χ1) is 8.95. The maximum absolute atomic E-state index is 12.1. The first-order valence-electron chi connectivity index (χ1n) is 6.60. The predicted molar refractivity (Wildman–Crippen MR) is 73.9 cm³/mol. The van der Waals surface area contributed by atoms with Crippen molar-refractivity contribution in [3.8, 4) is 0 Å². The molecule has 0 saturated heterocycles. The zero-order valence-electron chi connectivity index (χ0n) is 11.2. The molecule has 0 unspecified atom stereocenters. The van der Waals surface area contributed by atoms with Crippen LogP contribution >= 0.6 is 0 Å². The Kier molecular flexibility index (Phi) is 4.23. The summed E-state index contributed by atoms with van der Waals surface area (Å²) >= 11 is 0. The van der Waals surface area contributed by atoms with Crippen LogP contribution in [0.2, 0.25) is 0 Å². The van der Waals surface area contributed by atoms with Crippen LogP contribution in [0.5, 0.6) is 0 Å². The standard InChI is InChI=1S/C13H21N3O2S/c1-13(6-2-3-7-13)10-16-19(17,18)12-5-4-11(8-14)9-15-12/h4-5,9,16H,2-3,6-8,10,14H2,1H3. The second-order valence-electron chi connectivity index (χ2n) is 5.55. The fourth-order valence-electron chi connectivity index (χ4n) is 2.44. The van der Waals surface area contributed by atoms with Crippen LogP contribution in [0.3, 0.4) is 0 Å². The Balaban J connectivity index is 2.05. The van der Waals surface area contributed by atoms with Gasteiger partial charge >= 0.3 is 0 Å². The fraction of sp³-hybridized carbons (Fsp3) is 0.615. The van der Waals surface area contributed by atoms with Crippen molar-refractivity contribution in [2.24, 2.45) is 11.1 Å². The molecule has 0 bridgehead atoms. The molecular weight excluding hydrogens is 262 g/mol. The summed E-state index contributed by atoms with van der Waals surface area (Å²) in [5, 5.41) is 0.0614. The van der Waals surface area contributed by atoms with Crippen LogP contribution in [0.15, 0.2) is 23.4 Å². The second kappa shape index (κ2) is 5.56. The molecule has 1 aromatic heterocycles. The number of hydrogen-bond donors (Lipinski definition) is 2. The molecule has 0 aromatic carbocycles. The van der Waals surface area contributed by atoms with E-state index in [1.165, 1.54) is 25.1 Å². The molecule has 1 aliphatic carbocycles. The molecule has 1 aromatic rings. The number of rotatable bonds is 5. The van der Waals surface area contributed by atoms with Gasteiger partial charge in [-0.1, -0.05) is 25.8 Å². The Morgan fingerprint density at radius 1 is 1.37 bits per heavy atom. The Morgan fingerprint density at radius 2 is 2.05 bits per heavy atom. The summed E-state index contributed by atoms with van der Waals surface area (Å²) in [6, 6.07) is 3.19. The van der Waals surface area contributed by atoms with E-state index < -0.39 is 10.0 Å². The zero-order chi connectivity index (χ0) is 13.9. The number of nitrogens with two attached hydrogens (primary N) is 1. The van der Waals surface area contributed by atoms with Crippen LogP contribution in [-0.2, 0) is 16.6 Å². The minimum absolute atomic E-state index is 0.0614. The van der Waals surface area contributed by atoms with E-state index in [-0.39, 0.29) is 10.4 Å². The number of hydrogen-bond acceptors (Lipinski definition) is 4. The molecule has 2 rings (SSSR count). The zero-order valence-corrected chi connectivity index (χ0v) is 12.0. The minimum atomic E-state index is -3.51. The van der Waals surface area contributed by atoms with Crippen molar-refractivity contribution in [3.63, 3.8) is 0 Å². The third-order valence-corrected chi connectivity index (χ3v) is 5.12. The van der Waals surface area contributed by atoms with Crippen LogP contribution in [0, 0.1) is 5.41 Å². The van der Waals surface area contributed by atoms with Gasteiger partial charge in [-0.05, 0) is 29.9 Å². The molecule has 0 spiro atoms. The van der Waals surface area contributed by atoms with Crippen molar-refractivity contribution < 1.29 is 8.42 Å². The lowest BCUT2D eigenvalue weighted by molar-refractivity contribution is 0.336. The second-order valence-corrected chi connectivity index (χ2v) is 7.26. The van der Waals surface area contributed by atoms with E-state index >= 15 is 0 Å². The van der Waals surface area contributed by atoms with Gasteiger partial charge in [0.25, 0.3) is 10.0 Å². The Morgan fingerprint density at radius 3 is 2.58 bits per heavy atom. The molecule has 0 aliphatic heterocycles. The molecule has 0 amide bonds. The number of nitrogens with one attached hydrogen (secondary N) is 1. The van der Waals surface area contributed by atoms with Gasteiger partial charge in [-0.3, -0.25) is 0 Å². The van der Waals surface area contributed by atoms with Crippen molar-refractivity contribution in [2.75, 3.05) is 6.54 Å². The van der Waals surface area contributed by atoms with Crippen molar-refractivity contribution in [1.82, 2.24) is 9.71 Å². The molecule has 19 heavy (non-hydrogen) atoms. The average Bonchev–Trinajstić information content (AvgIpc) is 2.84. The summed E-state index contributed by atoms with van der Waals surface area (Å²) in [5.41, 5.74) is 6.37. The summed E-state index contributed by atoms with van der Waals surface area (Å²) in [4.78, 5) is 3.96. The third-order valence-electron chi connectivity index (χ3n) is 3.81. The van der Waals surface area contributed by atoms with Crippen molar-refractivity contribution >= 4 is 10.0 Å². The summed E-state index contributed by atoms with van der Waals surface area (Å²) in [6.45, 7) is 2.97. The average molecular weight is 283 g/mol. The van der Waals surface area contributed by atoms with E-state index in [1.807, 2.05) is 0 Å². The number of aromatic nitrogens is 1. The maximum atomic E-state index is 12.1. The Hall–Kier alpha value is -0.980. The summed E-state index contributed by atoms with van der Waals surface area (Å²) in [5.74, 6) is 0.